The van der Waals surface area contributed by atoms with Crippen LogP contribution in [0.1, 0.15) is 77.1 Å². The maximum absolute atomic E-state index is 4.85. The van der Waals surface area contributed by atoms with Gasteiger partial charge in [-0.1, -0.05) is 137 Å². The van der Waals surface area contributed by atoms with E-state index in [1.54, 1.807) is 0 Å². The lowest BCUT2D eigenvalue weighted by molar-refractivity contribution is 0.668. The molecule has 0 spiro atoms. The molecule has 49 heavy (non-hydrogen) atoms. The van der Waals surface area contributed by atoms with Crippen LogP contribution in [0.5, 0.6) is 0 Å². The molecule has 2 aromatic heterocycles. The molecule has 0 radical (unpaired) electrons. The van der Waals surface area contributed by atoms with Gasteiger partial charge in [-0.15, -0.1) is 21.5 Å². The van der Waals surface area contributed by atoms with Crippen molar-refractivity contribution < 1.29 is 0 Å². The molecular formula is C44H50BN3S. The number of unbranched alkanes of at least 4 members (excludes halogenated alkanes) is 3. The molecule has 0 atom stereocenters. The van der Waals surface area contributed by atoms with Crippen LogP contribution < -0.4 is 10.9 Å². The van der Waals surface area contributed by atoms with Gasteiger partial charge in [-0.05, 0) is 94.9 Å². The van der Waals surface area contributed by atoms with Crippen molar-refractivity contribution in [2.24, 2.45) is 7.05 Å². The van der Waals surface area contributed by atoms with E-state index in [0.29, 0.717) is 0 Å². The first-order valence-corrected chi connectivity index (χ1v) is 18.8. The van der Waals surface area contributed by atoms with Crippen LogP contribution >= 0.6 is 11.3 Å². The molecule has 3 nitrogen and oxygen atoms in total. The maximum Gasteiger partial charge on any atom is 0.215 e. The number of hydrogen-bond donors (Lipinski definition) is 0. The molecule has 0 aliphatic rings. The Labute approximate surface area is 298 Å². The normalized spacial score (nSPS) is 11.3. The zero-order valence-corrected chi connectivity index (χ0v) is 31.5. The summed E-state index contributed by atoms with van der Waals surface area (Å²) in [7, 11) is 2.11. The van der Waals surface area contributed by atoms with E-state index in [4.69, 9.17) is 10.2 Å². The molecule has 0 saturated carbocycles. The number of nitrogens with zero attached hydrogens (tertiary/aromatic N) is 3. The molecule has 6 aromatic rings. The number of aromatic nitrogens is 3. The van der Waals surface area contributed by atoms with Crippen molar-refractivity contribution >= 4 is 29.0 Å². The summed E-state index contributed by atoms with van der Waals surface area (Å²) >= 11 is 1.84. The third-order valence-corrected chi connectivity index (χ3v) is 11.2. The third-order valence-electron chi connectivity index (χ3n) is 10.2. The predicted octanol–water partition coefficient (Wildman–Crippen LogP) is 10.2. The quantitative estimate of drug-likeness (QED) is 0.0964. The minimum Gasteiger partial charge on any atom is -0.310 e. The van der Waals surface area contributed by atoms with E-state index in [1.165, 1.54) is 91.6 Å². The van der Waals surface area contributed by atoms with E-state index < -0.39 is 0 Å². The molecule has 250 valence electrons. The molecule has 5 heteroatoms. The Balaban J connectivity index is 1.38. The molecule has 0 bridgehead atoms. The van der Waals surface area contributed by atoms with Crippen LogP contribution in [0.2, 0.25) is 0 Å². The number of rotatable bonds is 12. The van der Waals surface area contributed by atoms with E-state index in [1.807, 2.05) is 11.3 Å². The summed E-state index contributed by atoms with van der Waals surface area (Å²) in [5.41, 5.74) is 17.2. The molecule has 0 fully saturated rings. The van der Waals surface area contributed by atoms with Gasteiger partial charge in [0.2, 0.25) is 6.71 Å². The first-order valence-electron chi connectivity index (χ1n) is 18.0. The largest absolute Gasteiger partial charge is 0.310 e. The lowest BCUT2D eigenvalue weighted by Gasteiger charge is -2.25. The fraction of sp³-hybridized carbons (Fsp3) is 0.318. The van der Waals surface area contributed by atoms with Crippen molar-refractivity contribution in [3.63, 3.8) is 0 Å². The summed E-state index contributed by atoms with van der Waals surface area (Å²) in [6.45, 7) is 16.0. The summed E-state index contributed by atoms with van der Waals surface area (Å²) in [5.74, 6) is 1.79. The topological polar surface area (TPSA) is 30.7 Å². The highest BCUT2D eigenvalue weighted by molar-refractivity contribution is 7.13. The van der Waals surface area contributed by atoms with E-state index in [-0.39, 0.29) is 6.71 Å². The Morgan fingerprint density at radius 2 is 1.24 bits per heavy atom. The maximum atomic E-state index is 4.85. The van der Waals surface area contributed by atoms with E-state index in [2.05, 4.69) is 144 Å². The van der Waals surface area contributed by atoms with Gasteiger partial charge in [0, 0.05) is 23.1 Å². The minimum atomic E-state index is 0.216. The monoisotopic (exact) mass is 663 g/mol. The third kappa shape index (κ3) is 7.38. The lowest BCUT2D eigenvalue weighted by Crippen LogP contribution is -2.49. The van der Waals surface area contributed by atoms with Gasteiger partial charge in [-0.2, -0.15) is 0 Å². The van der Waals surface area contributed by atoms with Crippen molar-refractivity contribution in [3.8, 4) is 33.2 Å². The van der Waals surface area contributed by atoms with E-state index in [9.17, 15) is 0 Å². The Hall–Kier alpha value is -4.22. The second-order valence-electron chi connectivity index (χ2n) is 14.1. The highest BCUT2D eigenvalue weighted by Gasteiger charge is 2.28. The summed E-state index contributed by atoms with van der Waals surface area (Å²) in [5, 5.41) is 11.9. The van der Waals surface area contributed by atoms with Crippen molar-refractivity contribution in [3.05, 3.63) is 129 Å². The highest BCUT2D eigenvalue weighted by atomic mass is 32.1. The van der Waals surface area contributed by atoms with Crippen LogP contribution in [-0.4, -0.2) is 21.5 Å². The highest BCUT2D eigenvalue weighted by Crippen LogP contribution is 2.34. The summed E-state index contributed by atoms with van der Waals surface area (Å²) < 4.78 is 2.18. The molecule has 0 unspecified atom stereocenters. The van der Waals surface area contributed by atoms with Gasteiger partial charge in [0.25, 0.3) is 0 Å². The average Bonchev–Trinajstić information content (AvgIpc) is 3.69. The van der Waals surface area contributed by atoms with Crippen molar-refractivity contribution in [1.29, 1.82) is 0 Å². The first kappa shape index (κ1) is 34.6. The Morgan fingerprint density at radius 3 is 1.90 bits per heavy atom. The van der Waals surface area contributed by atoms with Crippen LogP contribution in [0.3, 0.4) is 0 Å². The lowest BCUT2D eigenvalue weighted by atomic mass is 9.35. The van der Waals surface area contributed by atoms with Crippen LogP contribution in [0.25, 0.3) is 33.2 Å². The van der Waals surface area contributed by atoms with Gasteiger partial charge in [0.1, 0.15) is 0 Å². The number of hydrogen-bond acceptors (Lipinski definition) is 3. The number of benzene rings is 4. The van der Waals surface area contributed by atoms with Crippen molar-refractivity contribution in [1.82, 2.24) is 14.8 Å². The fourth-order valence-electron chi connectivity index (χ4n) is 8.11. The standard InChI is InChI=1S/C44H50BN3S/c1-9-10-11-12-16-35-21-22-49-42(35)36-18-15-19-37(27-36)43-46-47-44(48(43)8)39-20-14-13-17-38(39)28-45(40-31(4)23-29(2)24-32(40)5)41-33(6)25-30(3)26-34(41)7/h13-15,17-27H,9-12,16,28H2,1-8H3. The molecular weight excluding hydrogens is 613 g/mol. The van der Waals surface area contributed by atoms with E-state index in [0.717, 1.165) is 35.5 Å². The fourth-order valence-corrected chi connectivity index (χ4v) is 9.06. The molecule has 0 saturated heterocycles. The summed E-state index contributed by atoms with van der Waals surface area (Å²) in [4.78, 5) is 1.38. The summed E-state index contributed by atoms with van der Waals surface area (Å²) in [6, 6.07) is 29.3. The molecule has 4 aromatic carbocycles. The van der Waals surface area contributed by atoms with Crippen molar-refractivity contribution in [2.75, 3.05) is 0 Å². The molecule has 0 amide bonds. The van der Waals surface area contributed by atoms with Gasteiger partial charge in [-0.25, -0.2) is 0 Å². The Morgan fingerprint density at radius 1 is 0.633 bits per heavy atom. The molecule has 0 N–H and O–H groups in total. The molecule has 2 heterocycles. The molecule has 0 aliphatic heterocycles. The van der Waals surface area contributed by atoms with Gasteiger partial charge in [-0.3, -0.25) is 0 Å². The zero-order valence-electron chi connectivity index (χ0n) is 30.7. The van der Waals surface area contributed by atoms with Crippen LogP contribution in [0.4, 0.5) is 0 Å². The van der Waals surface area contributed by atoms with Crippen LogP contribution in [-0.2, 0) is 19.8 Å². The Kier molecular flexibility index (Phi) is 10.7. The molecule has 0 aliphatic carbocycles. The average molecular weight is 664 g/mol. The SMILES string of the molecule is CCCCCCc1ccsc1-c1cccc(-c2nnc(-c3ccccc3CB(c3c(C)cc(C)cc3C)c3c(C)cc(C)cc3C)n2C)c1. The van der Waals surface area contributed by atoms with Gasteiger partial charge >= 0.3 is 0 Å². The first-order chi connectivity index (χ1) is 23.7. The van der Waals surface area contributed by atoms with Crippen LogP contribution in [0, 0.1) is 41.5 Å². The summed E-state index contributed by atoms with van der Waals surface area (Å²) in [6.07, 6.45) is 7.13. The smallest absolute Gasteiger partial charge is 0.215 e. The van der Waals surface area contributed by atoms with Crippen molar-refractivity contribution in [2.45, 2.75) is 86.9 Å². The number of thiophene rings is 1. The zero-order chi connectivity index (χ0) is 34.7. The van der Waals surface area contributed by atoms with Gasteiger partial charge in [0.15, 0.2) is 11.6 Å². The second kappa shape index (κ2) is 15.1. The Bertz CT molecular complexity index is 1980. The molecule has 6 rings (SSSR count). The van der Waals surface area contributed by atoms with Crippen LogP contribution in [0.15, 0.2) is 84.2 Å². The second-order valence-corrected chi connectivity index (χ2v) is 15.0. The van der Waals surface area contributed by atoms with E-state index >= 15 is 0 Å². The van der Waals surface area contributed by atoms with Gasteiger partial charge in [0.05, 0.1) is 0 Å². The minimum absolute atomic E-state index is 0.216. The number of aryl methyl sites for hydroxylation is 7. The predicted molar refractivity (Wildman–Crippen MR) is 213 cm³/mol. The van der Waals surface area contributed by atoms with Gasteiger partial charge < -0.3 is 4.57 Å².